The van der Waals surface area contributed by atoms with Gasteiger partial charge in [-0.1, -0.05) is 0 Å². The van der Waals surface area contributed by atoms with Gasteiger partial charge in [-0.2, -0.15) is 8.42 Å². The Labute approximate surface area is 115 Å². The Kier molecular flexibility index (Phi) is 3.09. The normalized spacial score (nSPS) is 42.4. The average molecular weight is 310 g/mol. The Morgan fingerprint density at radius 2 is 1.90 bits per heavy atom. The van der Waals surface area contributed by atoms with Crippen molar-refractivity contribution in [1.29, 1.82) is 0 Å². The zero-order valence-electron chi connectivity index (χ0n) is 10.7. The largest absolute Gasteiger partial charge is 0.455 e. The van der Waals surface area contributed by atoms with Crippen LogP contribution in [0.1, 0.15) is 13.8 Å². The Balaban J connectivity index is 1.78. The topological polar surface area (TPSA) is 118 Å². The maximum Gasteiger partial charge on any atom is 0.397 e. The number of rotatable bonds is 3. The third kappa shape index (κ3) is 2.43. The first-order valence-electron chi connectivity index (χ1n) is 6.00. The van der Waals surface area contributed by atoms with Crippen molar-refractivity contribution >= 4 is 16.4 Å². The number of fused-ring (bicyclic) bond motifs is 2. The van der Waals surface area contributed by atoms with Crippen LogP contribution in [0.2, 0.25) is 0 Å². The molecule has 10 heteroatoms. The van der Waals surface area contributed by atoms with Gasteiger partial charge in [0.15, 0.2) is 18.0 Å². The van der Waals surface area contributed by atoms with Crippen LogP contribution in [0.25, 0.3) is 0 Å². The van der Waals surface area contributed by atoms with E-state index in [1.165, 1.54) is 0 Å². The molecule has 0 aromatic heterocycles. The molecule has 0 saturated carbocycles. The summed E-state index contributed by atoms with van der Waals surface area (Å²) in [6, 6.07) is 0. The fourth-order valence-corrected chi connectivity index (χ4v) is 2.99. The number of hydrogen-bond acceptors (Lipinski definition) is 8. The molecular weight excluding hydrogens is 296 g/mol. The summed E-state index contributed by atoms with van der Waals surface area (Å²) < 4.78 is 55.8. The van der Waals surface area contributed by atoms with Crippen molar-refractivity contribution in [2.75, 3.05) is 6.61 Å². The molecule has 4 fully saturated rings. The lowest BCUT2D eigenvalue weighted by Gasteiger charge is -2.45. The van der Waals surface area contributed by atoms with E-state index in [-0.39, 0.29) is 0 Å². The van der Waals surface area contributed by atoms with Crippen molar-refractivity contribution in [3.63, 3.8) is 0 Å². The number of esters is 1. The Morgan fingerprint density at radius 1 is 1.25 bits per heavy atom. The van der Waals surface area contributed by atoms with Gasteiger partial charge in [-0.3, -0.25) is 4.55 Å². The summed E-state index contributed by atoms with van der Waals surface area (Å²) in [5.41, 5.74) is 0. The summed E-state index contributed by atoms with van der Waals surface area (Å²) in [6.45, 7) is 2.91. The SMILES string of the molecule is CC1(C)O[C@H]2[C@@H]3OC(=O)[C@@H](O[C@H]3COS(=O)(=O)O)[C@H]2O1. The molecular formula is C10H14O9S. The summed E-state index contributed by atoms with van der Waals surface area (Å²) in [5, 5.41) is 0. The molecule has 4 rings (SSSR count). The van der Waals surface area contributed by atoms with E-state index in [1.807, 2.05) is 0 Å². The molecule has 9 nitrogen and oxygen atoms in total. The third-order valence-electron chi connectivity index (χ3n) is 3.34. The highest BCUT2D eigenvalue weighted by Gasteiger charge is 2.63. The van der Waals surface area contributed by atoms with Crippen LogP contribution in [0.15, 0.2) is 0 Å². The van der Waals surface area contributed by atoms with Crippen molar-refractivity contribution in [2.24, 2.45) is 0 Å². The van der Waals surface area contributed by atoms with Crippen LogP contribution in [0, 0.1) is 0 Å². The minimum absolute atomic E-state index is 0.472. The maximum atomic E-state index is 11.7. The van der Waals surface area contributed by atoms with Gasteiger partial charge in [0.2, 0.25) is 0 Å². The molecule has 0 amide bonds. The zero-order chi connectivity index (χ0) is 14.7. The number of ether oxygens (including phenoxy) is 4. The van der Waals surface area contributed by atoms with Gasteiger partial charge in [0.1, 0.15) is 18.3 Å². The summed E-state index contributed by atoms with van der Waals surface area (Å²) in [6.07, 6.45) is -3.85. The second-order valence-corrected chi connectivity index (χ2v) is 6.36. The van der Waals surface area contributed by atoms with Gasteiger partial charge in [-0.15, -0.1) is 0 Å². The summed E-state index contributed by atoms with van der Waals surface area (Å²) in [4.78, 5) is 11.7. The minimum atomic E-state index is -4.59. The van der Waals surface area contributed by atoms with E-state index in [2.05, 4.69) is 4.18 Å². The van der Waals surface area contributed by atoms with Crippen LogP contribution >= 0.6 is 0 Å². The quantitative estimate of drug-likeness (QED) is 0.518. The molecule has 0 aromatic rings. The van der Waals surface area contributed by atoms with Crippen molar-refractivity contribution < 1.29 is 40.9 Å². The molecule has 4 aliphatic heterocycles. The number of carbonyl (C=O) groups is 1. The maximum absolute atomic E-state index is 11.7. The smallest absolute Gasteiger partial charge is 0.397 e. The van der Waals surface area contributed by atoms with Gasteiger partial charge in [0, 0.05) is 0 Å². The zero-order valence-corrected chi connectivity index (χ0v) is 11.5. The summed E-state index contributed by atoms with van der Waals surface area (Å²) in [5.74, 6) is -1.47. The van der Waals surface area contributed by atoms with Crippen LogP contribution < -0.4 is 0 Å². The summed E-state index contributed by atoms with van der Waals surface area (Å²) >= 11 is 0. The van der Waals surface area contributed by atoms with Crippen LogP contribution in [-0.4, -0.2) is 61.9 Å². The van der Waals surface area contributed by atoms with Crippen LogP contribution in [0.5, 0.6) is 0 Å². The fraction of sp³-hybridized carbons (Fsp3) is 0.900. The molecule has 4 heterocycles. The Morgan fingerprint density at radius 3 is 2.55 bits per heavy atom. The fourth-order valence-electron chi connectivity index (χ4n) is 2.68. The van der Waals surface area contributed by atoms with E-state index >= 15 is 0 Å². The van der Waals surface area contributed by atoms with Gasteiger partial charge in [0.25, 0.3) is 0 Å². The van der Waals surface area contributed by atoms with E-state index in [0.717, 1.165) is 0 Å². The van der Waals surface area contributed by atoms with E-state index in [4.69, 9.17) is 23.5 Å². The number of carbonyl (C=O) groups excluding carboxylic acids is 1. The average Bonchev–Trinajstić information content (AvgIpc) is 2.62. The molecule has 2 bridgehead atoms. The first-order chi connectivity index (χ1) is 9.16. The second-order valence-electron chi connectivity index (χ2n) is 5.27. The molecule has 4 saturated heterocycles. The highest BCUT2D eigenvalue weighted by molar-refractivity contribution is 7.80. The third-order valence-corrected chi connectivity index (χ3v) is 3.77. The highest BCUT2D eigenvalue weighted by atomic mass is 32.3. The number of hydrogen-bond donors (Lipinski definition) is 1. The lowest BCUT2D eigenvalue weighted by atomic mass is 9.92. The van der Waals surface area contributed by atoms with Gasteiger partial charge in [-0.05, 0) is 13.8 Å². The first kappa shape index (κ1) is 14.2. The molecule has 20 heavy (non-hydrogen) atoms. The van der Waals surface area contributed by atoms with Crippen LogP contribution in [0.4, 0.5) is 0 Å². The molecule has 114 valence electrons. The molecule has 4 aliphatic rings. The minimum Gasteiger partial charge on any atom is -0.455 e. The van der Waals surface area contributed by atoms with Gasteiger partial charge < -0.3 is 18.9 Å². The Hall–Kier alpha value is -0.780. The van der Waals surface area contributed by atoms with E-state index < -0.39 is 59.3 Å². The standard InChI is InChI=1S/C10H14O9S/c1-10(2)18-6-5-4(3-15-20(12,13)14)16-8(7(6)19-10)9(11)17-5/h4-8H,3H2,1-2H3,(H,12,13,14)/t4-,5+,6-,7-,8-/m0/s1. The first-order valence-corrected chi connectivity index (χ1v) is 7.36. The molecule has 0 radical (unpaired) electrons. The monoisotopic (exact) mass is 310 g/mol. The van der Waals surface area contributed by atoms with E-state index in [9.17, 15) is 13.2 Å². The predicted molar refractivity (Wildman–Crippen MR) is 59.9 cm³/mol. The van der Waals surface area contributed by atoms with E-state index in [1.54, 1.807) is 13.8 Å². The Bertz CT molecular complexity index is 527. The van der Waals surface area contributed by atoms with Crippen molar-refractivity contribution in [3.8, 4) is 0 Å². The molecule has 1 N–H and O–H groups in total. The van der Waals surface area contributed by atoms with E-state index in [0.29, 0.717) is 0 Å². The highest BCUT2D eigenvalue weighted by Crippen LogP contribution is 2.42. The lowest BCUT2D eigenvalue weighted by molar-refractivity contribution is -0.258. The van der Waals surface area contributed by atoms with Gasteiger partial charge in [-0.25, -0.2) is 8.98 Å². The molecule has 5 atom stereocenters. The second kappa shape index (κ2) is 4.36. The molecule has 0 aromatic carbocycles. The van der Waals surface area contributed by atoms with Gasteiger partial charge in [0.05, 0.1) is 6.61 Å². The van der Waals surface area contributed by atoms with Crippen molar-refractivity contribution in [1.82, 2.24) is 0 Å². The van der Waals surface area contributed by atoms with Crippen LogP contribution in [-0.2, 0) is 38.3 Å². The lowest BCUT2D eigenvalue weighted by Crippen LogP contribution is -2.66. The molecule has 0 aliphatic carbocycles. The van der Waals surface area contributed by atoms with Crippen molar-refractivity contribution in [3.05, 3.63) is 0 Å². The molecule has 0 unspecified atom stereocenters. The van der Waals surface area contributed by atoms with Crippen LogP contribution in [0.3, 0.4) is 0 Å². The van der Waals surface area contributed by atoms with Gasteiger partial charge >= 0.3 is 16.4 Å². The summed E-state index contributed by atoms with van der Waals surface area (Å²) in [7, 11) is -4.59. The predicted octanol–water partition coefficient (Wildman–Crippen LogP) is -0.981. The molecule has 0 spiro atoms. The van der Waals surface area contributed by atoms with Crippen molar-refractivity contribution in [2.45, 2.75) is 50.2 Å².